The highest BCUT2D eigenvalue weighted by atomic mass is 15.6. The molecule has 0 aromatic carbocycles. The summed E-state index contributed by atoms with van der Waals surface area (Å²) in [5.74, 6) is 1.33. The number of anilines is 1. The molecule has 2 aromatic rings. The molecule has 13 heteroatoms. The molecule has 0 radical (unpaired) electrons. The summed E-state index contributed by atoms with van der Waals surface area (Å²) in [5.41, 5.74) is 18.3. The summed E-state index contributed by atoms with van der Waals surface area (Å²) < 4.78 is 1.90. The van der Waals surface area contributed by atoms with Crippen molar-refractivity contribution in [1.82, 2.24) is 40.5 Å². The van der Waals surface area contributed by atoms with E-state index in [0.29, 0.717) is 29.6 Å². The number of hydrogen-bond donors (Lipinski definition) is 6. The number of amidine groups is 2. The first kappa shape index (κ1) is 31.1. The van der Waals surface area contributed by atoms with E-state index < -0.39 is 0 Å². The predicted molar refractivity (Wildman–Crippen MR) is 179 cm³/mol. The van der Waals surface area contributed by atoms with E-state index in [-0.39, 0.29) is 17.7 Å². The van der Waals surface area contributed by atoms with Crippen LogP contribution in [0.2, 0.25) is 0 Å². The number of aromatic nitrogens is 2. The molecule has 0 saturated carbocycles. The number of nitrogens with one attached hydrogen (secondary N) is 5. The van der Waals surface area contributed by atoms with Gasteiger partial charge in [-0.15, -0.1) is 5.10 Å². The van der Waals surface area contributed by atoms with E-state index in [1.807, 2.05) is 31.6 Å². The summed E-state index contributed by atoms with van der Waals surface area (Å²) in [6.45, 7) is 11.5. The maximum atomic E-state index is 8.73. The number of nitrogens with zero attached hydrogens (tertiary/aromatic N) is 7. The molecule has 0 fully saturated rings. The minimum Gasteiger partial charge on any atom is -0.396 e. The van der Waals surface area contributed by atoms with Gasteiger partial charge in [0.2, 0.25) is 0 Å². The van der Waals surface area contributed by atoms with Gasteiger partial charge in [0.25, 0.3) is 0 Å². The molecule has 3 aliphatic heterocycles. The Balaban J connectivity index is 1.52. The number of hydrogen-bond acceptors (Lipinski definition) is 11. The van der Waals surface area contributed by atoms with Crippen LogP contribution in [0.25, 0.3) is 5.52 Å². The van der Waals surface area contributed by atoms with Crippen LogP contribution in [0.4, 0.5) is 11.5 Å². The maximum Gasteiger partial charge on any atom is 0.180 e. The van der Waals surface area contributed by atoms with Gasteiger partial charge in [0.1, 0.15) is 17.6 Å². The molecule has 0 amide bonds. The number of likely N-dealkylation sites (N-methyl/N-ethyl adjacent to an activating group) is 2. The van der Waals surface area contributed by atoms with Crippen LogP contribution in [0, 0.1) is 19.3 Å². The Hall–Kier alpha value is -4.30. The van der Waals surface area contributed by atoms with Gasteiger partial charge in [-0.25, -0.2) is 19.9 Å². The molecule has 234 valence electrons. The van der Waals surface area contributed by atoms with Crippen molar-refractivity contribution in [3.63, 3.8) is 0 Å². The SMILES string of the molecule is CC1=C(C)N2NC(NCCN(C)C)C(NC3=NC(=Nc4c(NCCN(C)C)nn5c(C)c(C)ccc45)C(=N)C=C3N)=C2C=C1. The molecular weight excluding hydrogens is 554 g/mol. The molecule has 5 rings (SSSR count). The summed E-state index contributed by atoms with van der Waals surface area (Å²) in [4.78, 5) is 14.0. The van der Waals surface area contributed by atoms with Crippen LogP contribution in [-0.2, 0) is 0 Å². The number of hydrazine groups is 1. The van der Waals surface area contributed by atoms with E-state index in [0.717, 1.165) is 53.5 Å². The largest absolute Gasteiger partial charge is 0.396 e. The van der Waals surface area contributed by atoms with Crippen molar-refractivity contribution in [2.75, 3.05) is 59.7 Å². The third kappa shape index (κ3) is 6.31. The Labute approximate surface area is 259 Å². The minimum atomic E-state index is -0.203. The van der Waals surface area contributed by atoms with E-state index in [9.17, 15) is 0 Å². The zero-order valence-corrected chi connectivity index (χ0v) is 27.0. The van der Waals surface area contributed by atoms with Gasteiger partial charge in [0.15, 0.2) is 17.5 Å². The Morgan fingerprint density at radius 3 is 2.50 bits per heavy atom. The van der Waals surface area contributed by atoms with Crippen molar-refractivity contribution in [3.05, 3.63) is 70.0 Å². The molecule has 0 bridgehead atoms. The normalized spacial score (nSPS) is 19.6. The maximum absolute atomic E-state index is 8.73. The van der Waals surface area contributed by atoms with Crippen molar-refractivity contribution in [3.8, 4) is 0 Å². The third-order valence-electron chi connectivity index (χ3n) is 8.00. The average Bonchev–Trinajstić information content (AvgIpc) is 3.49. The number of aliphatic imine (C=N–C) groups is 2. The molecule has 1 atom stereocenters. The third-order valence-corrected chi connectivity index (χ3v) is 8.00. The van der Waals surface area contributed by atoms with Crippen molar-refractivity contribution in [1.29, 1.82) is 5.41 Å². The predicted octanol–water partition coefficient (Wildman–Crippen LogP) is 2.19. The van der Waals surface area contributed by atoms with E-state index in [4.69, 9.17) is 26.2 Å². The molecule has 13 nitrogen and oxygen atoms in total. The van der Waals surface area contributed by atoms with Crippen LogP contribution in [0.3, 0.4) is 0 Å². The lowest BCUT2D eigenvalue weighted by Gasteiger charge is -2.27. The molecule has 5 heterocycles. The van der Waals surface area contributed by atoms with Crippen LogP contribution in [0.1, 0.15) is 25.1 Å². The van der Waals surface area contributed by atoms with Crippen LogP contribution in [0.5, 0.6) is 0 Å². The van der Waals surface area contributed by atoms with Crippen molar-refractivity contribution >= 4 is 34.4 Å². The smallest absolute Gasteiger partial charge is 0.180 e. The Morgan fingerprint density at radius 2 is 1.77 bits per heavy atom. The van der Waals surface area contributed by atoms with E-state index in [1.165, 1.54) is 5.57 Å². The average molecular weight is 600 g/mol. The number of allylic oxidation sites excluding steroid dienone is 4. The van der Waals surface area contributed by atoms with Gasteiger partial charge in [-0.3, -0.25) is 15.7 Å². The van der Waals surface area contributed by atoms with E-state index in [2.05, 4.69) is 89.3 Å². The highest BCUT2D eigenvalue weighted by Gasteiger charge is 2.34. The highest BCUT2D eigenvalue weighted by molar-refractivity contribution is 6.49. The van der Waals surface area contributed by atoms with Gasteiger partial charge in [0, 0.05) is 37.6 Å². The fourth-order valence-corrected chi connectivity index (χ4v) is 5.08. The second kappa shape index (κ2) is 12.7. The number of aryl methyl sites for hydroxylation is 2. The standard InChI is InChI=1S/C31H45N13/c1-18-9-11-24-26(30(34-13-15-41(5)6)39-43(24)20(18)3)36-28-22(32)17-23(33)29(38-28)37-27-25-12-10-19(2)21(4)44(25)40-31(27)35-14-16-42(7)8/h9-12,17,30,33-34,39H,13-16,32H2,1-8H3,(H,35,40)(H,36,37,38). The van der Waals surface area contributed by atoms with Gasteiger partial charge < -0.3 is 26.2 Å². The van der Waals surface area contributed by atoms with Crippen molar-refractivity contribution in [2.45, 2.75) is 33.9 Å². The monoisotopic (exact) mass is 599 g/mol. The van der Waals surface area contributed by atoms with E-state index in [1.54, 1.807) is 6.08 Å². The van der Waals surface area contributed by atoms with Crippen LogP contribution in [0.15, 0.2) is 68.7 Å². The summed E-state index contributed by atoms with van der Waals surface area (Å²) in [5, 5.41) is 26.2. The van der Waals surface area contributed by atoms with Gasteiger partial charge in [-0.2, -0.15) is 0 Å². The molecule has 1 unspecified atom stereocenters. The summed E-state index contributed by atoms with van der Waals surface area (Å²) in [6.07, 6.45) is 5.59. The lowest BCUT2D eigenvalue weighted by Crippen LogP contribution is -2.50. The van der Waals surface area contributed by atoms with Crippen molar-refractivity contribution < 1.29 is 0 Å². The molecule has 44 heavy (non-hydrogen) atoms. The van der Waals surface area contributed by atoms with Gasteiger partial charge in [0.05, 0.1) is 22.6 Å². The first-order chi connectivity index (χ1) is 20.9. The first-order valence-electron chi connectivity index (χ1n) is 14.9. The van der Waals surface area contributed by atoms with Gasteiger partial charge in [-0.1, -0.05) is 12.1 Å². The summed E-state index contributed by atoms with van der Waals surface area (Å²) in [6, 6.07) is 4.07. The lowest BCUT2D eigenvalue weighted by atomic mass is 10.1. The molecule has 2 aromatic heterocycles. The number of dihydropyridines is 1. The minimum absolute atomic E-state index is 0.131. The highest BCUT2D eigenvalue weighted by Crippen LogP contribution is 2.33. The Bertz CT molecular complexity index is 1650. The summed E-state index contributed by atoms with van der Waals surface area (Å²) in [7, 11) is 8.17. The van der Waals surface area contributed by atoms with Crippen LogP contribution < -0.4 is 27.1 Å². The second-order valence-electron chi connectivity index (χ2n) is 11.9. The second-order valence-corrected chi connectivity index (χ2v) is 11.9. The van der Waals surface area contributed by atoms with Gasteiger partial charge in [-0.05, 0) is 85.2 Å². The molecule has 0 saturated heterocycles. The number of pyridine rings is 1. The first-order valence-corrected chi connectivity index (χ1v) is 14.9. The van der Waals surface area contributed by atoms with E-state index >= 15 is 0 Å². The Morgan fingerprint density at radius 1 is 1.05 bits per heavy atom. The summed E-state index contributed by atoms with van der Waals surface area (Å²) >= 11 is 0. The molecular formula is C31H45N13. The number of rotatable bonds is 10. The quantitative estimate of drug-likeness (QED) is 0.242. The lowest BCUT2D eigenvalue weighted by molar-refractivity contribution is 0.286. The molecule has 7 N–H and O–H groups in total. The van der Waals surface area contributed by atoms with Gasteiger partial charge >= 0.3 is 0 Å². The fourth-order valence-electron chi connectivity index (χ4n) is 5.08. The number of fused-ring (bicyclic) bond motifs is 2. The fraction of sp³-hybridized carbons (Fsp3) is 0.419. The van der Waals surface area contributed by atoms with Crippen LogP contribution >= 0.6 is 0 Å². The zero-order chi connectivity index (χ0) is 31.7. The molecule has 0 spiro atoms. The molecule has 3 aliphatic rings. The topological polar surface area (TPSA) is 150 Å². The molecule has 0 aliphatic carbocycles. The Kier molecular flexibility index (Phi) is 9.02. The van der Waals surface area contributed by atoms with Crippen LogP contribution in [-0.4, -0.2) is 102 Å². The zero-order valence-electron chi connectivity index (χ0n) is 27.0. The van der Waals surface area contributed by atoms with Crippen molar-refractivity contribution in [2.24, 2.45) is 15.7 Å². The number of nitrogens with two attached hydrogens (primary N) is 1.